The van der Waals surface area contributed by atoms with Crippen LogP contribution in [0.15, 0.2) is 24.4 Å². The summed E-state index contributed by atoms with van der Waals surface area (Å²) in [6.07, 6.45) is 4.40. The molecular formula is C15H25N3O2S. The van der Waals surface area contributed by atoms with Crippen molar-refractivity contribution in [3.8, 4) is 0 Å². The second kappa shape index (κ2) is 6.85. The summed E-state index contributed by atoms with van der Waals surface area (Å²) in [7, 11) is -3.26. The zero-order chi connectivity index (χ0) is 15.3. The van der Waals surface area contributed by atoms with Crippen LogP contribution >= 0.6 is 0 Å². The van der Waals surface area contributed by atoms with Gasteiger partial charge in [-0.25, -0.2) is 13.1 Å². The third-order valence-electron chi connectivity index (χ3n) is 4.19. The normalized spacial score (nSPS) is 22.1. The minimum absolute atomic E-state index is 0.0805. The highest BCUT2D eigenvalue weighted by atomic mass is 32.2. The van der Waals surface area contributed by atoms with Crippen molar-refractivity contribution in [2.24, 2.45) is 5.41 Å². The molecule has 0 aromatic carbocycles. The Labute approximate surface area is 127 Å². The molecule has 1 aromatic heterocycles. The van der Waals surface area contributed by atoms with Crippen molar-refractivity contribution < 1.29 is 8.42 Å². The molecule has 6 heteroatoms. The number of hydrogen-bond donors (Lipinski definition) is 2. The number of hydrogen-bond acceptors (Lipinski definition) is 4. The molecule has 2 N–H and O–H groups in total. The van der Waals surface area contributed by atoms with Gasteiger partial charge in [0.05, 0.1) is 5.75 Å². The molecule has 1 fully saturated rings. The summed E-state index contributed by atoms with van der Waals surface area (Å²) in [5.74, 6) is 0.0805. The number of nitrogens with one attached hydrogen (secondary N) is 2. The van der Waals surface area contributed by atoms with E-state index in [1.54, 1.807) is 6.20 Å². The van der Waals surface area contributed by atoms with Gasteiger partial charge in [-0.05, 0) is 36.9 Å². The van der Waals surface area contributed by atoms with E-state index in [9.17, 15) is 8.42 Å². The average molecular weight is 311 g/mol. The zero-order valence-electron chi connectivity index (χ0n) is 12.8. The van der Waals surface area contributed by atoms with Crippen molar-refractivity contribution in [1.29, 1.82) is 0 Å². The summed E-state index contributed by atoms with van der Waals surface area (Å²) in [6.45, 7) is 5.79. The molecule has 1 aliphatic rings. The molecule has 21 heavy (non-hydrogen) atoms. The maximum Gasteiger partial charge on any atom is 0.212 e. The van der Waals surface area contributed by atoms with Gasteiger partial charge >= 0.3 is 0 Å². The first-order valence-electron chi connectivity index (χ1n) is 7.50. The van der Waals surface area contributed by atoms with Gasteiger partial charge in [-0.15, -0.1) is 0 Å². The molecule has 5 nitrogen and oxygen atoms in total. The predicted octanol–water partition coefficient (Wildman–Crippen LogP) is 1.32. The highest BCUT2D eigenvalue weighted by Gasteiger charge is 2.32. The van der Waals surface area contributed by atoms with Crippen LogP contribution in [0.5, 0.6) is 0 Å². The molecule has 1 unspecified atom stereocenters. The van der Waals surface area contributed by atoms with Gasteiger partial charge in [0.15, 0.2) is 0 Å². The molecule has 1 aliphatic heterocycles. The number of pyridine rings is 1. The van der Waals surface area contributed by atoms with Gasteiger partial charge in [-0.1, -0.05) is 19.9 Å². The molecule has 0 amide bonds. The first kappa shape index (κ1) is 16.4. The topological polar surface area (TPSA) is 71.1 Å². The highest BCUT2D eigenvalue weighted by Crippen LogP contribution is 2.29. The Bertz CT molecular complexity index is 543. The Morgan fingerprint density at radius 1 is 1.43 bits per heavy atom. The van der Waals surface area contributed by atoms with E-state index in [1.807, 2.05) is 18.2 Å². The predicted molar refractivity (Wildman–Crippen MR) is 84.5 cm³/mol. The van der Waals surface area contributed by atoms with Crippen LogP contribution in [0.1, 0.15) is 32.4 Å². The fourth-order valence-corrected chi connectivity index (χ4v) is 3.73. The summed E-state index contributed by atoms with van der Waals surface area (Å²) >= 11 is 0. The van der Waals surface area contributed by atoms with Crippen LogP contribution in [0.25, 0.3) is 0 Å². The van der Waals surface area contributed by atoms with E-state index in [-0.39, 0.29) is 17.2 Å². The van der Waals surface area contributed by atoms with E-state index in [4.69, 9.17) is 0 Å². The highest BCUT2D eigenvalue weighted by molar-refractivity contribution is 7.89. The molecule has 1 atom stereocenters. The molecule has 0 spiro atoms. The van der Waals surface area contributed by atoms with Crippen molar-refractivity contribution >= 4 is 10.0 Å². The van der Waals surface area contributed by atoms with E-state index in [1.165, 1.54) is 0 Å². The maximum atomic E-state index is 12.1. The SMILES string of the molecule is CC1(C)CCCNC1CNS(=O)(=O)CCc1ccccn1. The molecular weight excluding hydrogens is 286 g/mol. The Hall–Kier alpha value is -0.980. The van der Waals surface area contributed by atoms with Crippen LogP contribution in [0, 0.1) is 5.41 Å². The first-order chi connectivity index (χ1) is 9.89. The van der Waals surface area contributed by atoms with Gasteiger partial charge in [0.1, 0.15) is 0 Å². The Kier molecular flexibility index (Phi) is 5.35. The lowest BCUT2D eigenvalue weighted by Crippen LogP contribution is -2.53. The first-order valence-corrected chi connectivity index (χ1v) is 9.15. The lowest BCUT2D eigenvalue weighted by atomic mass is 9.78. The van der Waals surface area contributed by atoms with E-state index < -0.39 is 10.0 Å². The van der Waals surface area contributed by atoms with Gasteiger partial charge < -0.3 is 5.32 Å². The smallest absolute Gasteiger partial charge is 0.212 e. The lowest BCUT2D eigenvalue weighted by molar-refractivity contribution is 0.181. The number of rotatable bonds is 6. The summed E-state index contributed by atoms with van der Waals surface area (Å²) in [5.41, 5.74) is 0.931. The van der Waals surface area contributed by atoms with E-state index in [0.29, 0.717) is 13.0 Å². The minimum atomic E-state index is -3.26. The van der Waals surface area contributed by atoms with Gasteiger partial charge in [0.2, 0.25) is 10.0 Å². The van der Waals surface area contributed by atoms with Gasteiger partial charge in [0, 0.05) is 30.9 Å². The molecule has 0 radical (unpaired) electrons. The van der Waals surface area contributed by atoms with Gasteiger partial charge in [0.25, 0.3) is 0 Å². The molecule has 2 rings (SSSR count). The monoisotopic (exact) mass is 311 g/mol. The molecule has 1 aromatic rings. The Morgan fingerprint density at radius 3 is 2.90 bits per heavy atom. The third-order valence-corrected chi connectivity index (χ3v) is 5.54. The van der Waals surface area contributed by atoms with Crippen LogP contribution in [-0.4, -0.2) is 38.3 Å². The molecule has 1 saturated heterocycles. The van der Waals surface area contributed by atoms with Crippen molar-refractivity contribution in [2.45, 2.75) is 39.2 Å². The van der Waals surface area contributed by atoms with E-state index in [0.717, 1.165) is 25.1 Å². The fourth-order valence-electron chi connectivity index (χ4n) is 2.69. The maximum absolute atomic E-state index is 12.1. The Balaban J connectivity index is 1.83. The average Bonchev–Trinajstić information content (AvgIpc) is 2.45. The number of aryl methyl sites for hydroxylation is 1. The number of aromatic nitrogens is 1. The largest absolute Gasteiger partial charge is 0.312 e. The van der Waals surface area contributed by atoms with Gasteiger partial charge in [-0.3, -0.25) is 4.98 Å². The number of sulfonamides is 1. The molecule has 2 heterocycles. The molecule has 0 aliphatic carbocycles. The Morgan fingerprint density at radius 2 is 2.24 bits per heavy atom. The van der Waals surface area contributed by atoms with Crippen LogP contribution in [0.3, 0.4) is 0 Å². The molecule has 0 bridgehead atoms. The molecule has 0 saturated carbocycles. The van der Waals surface area contributed by atoms with Crippen LogP contribution in [0.2, 0.25) is 0 Å². The minimum Gasteiger partial charge on any atom is -0.312 e. The van der Waals surface area contributed by atoms with Crippen molar-refractivity contribution in [1.82, 2.24) is 15.0 Å². The van der Waals surface area contributed by atoms with Crippen molar-refractivity contribution in [3.05, 3.63) is 30.1 Å². The van der Waals surface area contributed by atoms with E-state index in [2.05, 4.69) is 28.9 Å². The zero-order valence-corrected chi connectivity index (χ0v) is 13.6. The second-order valence-corrected chi connectivity index (χ2v) is 8.26. The fraction of sp³-hybridized carbons (Fsp3) is 0.667. The number of piperidine rings is 1. The van der Waals surface area contributed by atoms with Crippen LogP contribution in [-0.2, 0) is 16.4 Å². The standard InChI is InChI=1S/C15H25N3O2S/c1-15(2)8-5-10-17-14(15)12-18-21(19,20)11-7-13-6-3-4-9-16-13/h3-4,6,9,14,17-18H,5,7-8,10-12H2,1-2H3. The number of nitrogens with zero attached hydrogens (tertiary/aromatic N) is 1. The second-order valence-electron chi connectivity index (χ2n) is 6.34. The molecule has 118 valence electrons. The van der Waals surface area contributed by atoms with Crippen LogP contribution in [0.4, 0.5) is 0 Å². The summed E-state index contributed by atoms with van der Waals surface area (Å²) in [5, 5.41) is 3.42. The van der Waals surface area contributed by atoms with Crippen molar-refractivity contribution in [2.75, 3.05) is 18.8 Å². The third kappa shape index (κ3) is 5.05. The lowest BCUT2D eigenvalue weighted by Gasteiger charge is -2.39. The van der Waals surface area contributed by atoms with Gasteiger partial charge in [-0.2, -0.15) is 0 Å². The summed E-state index contributed by atoms with van der Waals surface area (Å²) in [6, 6.07) is 5.74. The van der Waals surface area contributed by atoms with E-state index >= 15 is 0 Å². The summed E-state index contributed by atoms with van der Waals surface area (Å²) in [4.78, 5) is 4.15. The summed E-state index contributed by atoms with van der Waals surface area (Å²) < 4.78 is 26.9. The quantitative estimate of drug-likeness (QED) is 0.831. The van der Waals surface area contributed by atoms with Crippen molar-refractivity contribution in [3.63, 3.8) is 0 Å². The van der Waals surface area contributed by atoms with Crippen LogP contribution < -0.4 is 10.0 Å².